The molecule has 0 aliphatic carbocycles. The molecule has 4 heteroatoms. The molecule has 1 fully saturated rings. The highest BCUT2D eigenvalue weighted by molar-refractivity contribution is 6.30. The molecule has 3 aromatic rings. The second-order valence-corrected chi connectivity index (χ2v) is 8.03. The number of carbonyl (C=O) groups is 1. The highest BCUT2D eigenvalue weighted by Gasteiger charge is 2.28. The molecule has 1 atom stereocenters. The van der Waals surface area contributed by atoms with E-state index < -0.39 is 0 Å². The zero-order chi connectivity index (χ0) is 19.3. The van der Waals surface area contributed by atoms with E-state index in [-0.39, 0.29) is 11.9 Å². The van der Waals surface area contributed by atoms with Crippen molar-refractivity contribution < 1.29 is 9.69 Å². The first-order chi connectivity index (χ1) is 13.7. The highest BCUT2D eigenvalue weighted by atomic mass is 35.5. The minimum absolute atomic E-state index is 0.0613. The Morgan fingerprint density at radius 1 is 0.964 bits per heavy atom. The average Bonchev–Trinajstić information content (AvgIpc) is 3.25. The Morgan fingerprint density at radius 3 is 2.46 bits per heavy atom. The van der Waals surface area contributed by atoms with E-state index in [1.54, 1.807) is 4.90 Å². The summed E-state index contributed by atoms with van der Waals surface area (Å²) in [5.74, 6) is 0.0613. The van der Waals surface area contributed by atoms with Crippen LogP contribution in [0.2, 0.25) is 5.02 Å². The summed E-state index contributed by atoms with van der Waals surface area (Å²) < 4.78 is 0. The maximum atomic E-state index is 12.6. The van der Waals surface area contributed by atoms with E-state index in [4.69, 9.17) is 11.6 Å². The predicted octanol–water partition coefficient (Wildman–Crippen LogP) is 3.57. The lowest BCUT2D eigenvalue weighted by Crippen LogP contribution is -3.11. The lowest BCUT2D eigenvalue weighted by atomic mass is 9.97. The molecule has 1 amide bonds. The quantitative estimate of drug-likeness (QED) is 0.659. The molecule has 1 heterocycles. The number of benzene rings is 3. The fourth-order valence-corrected chi connectivity index (χ4v) is 4.40. The number of halogens is 1. The number of nitrogens with one attached hydrogen (secondary N) is 2. The standard InChI is InChI=1S/C24H25ClN2O/c25-20-12-10-18(11-13-20)16-24(28)26-17-23(27-14-3-4-15-27)22-9-5-7-19-6-1-2-8-21(19)22/h1-2,5-13,23H,3-4,14-17H2,(H,26,28)/p+1/t23-/m1/s1. The van der Waals surface area contributed by atoms with Gasteiger partial charge in [-0.3, -0.25) is 4.79 Å². The van der Waals surface area contributed by atoms with Gasteiger partial charge in [0.15, 0.2) is 0 Å². The van der Waals surface area contributed by atoms with Gasteiger partial charge in [0, 0.05) is 23.4 Å². The maximum absolute atomic E-state index is 12.6. The predicted molar refractivity (Wildman–Crippen MR) is 115 cm³/mol. The Balaban J connectivity index is 1.52. The lowest BCUT2D eigenvalue weighted by molar-refractivity contribution is -0.918. The summed E-state index contributed by atoms with van der Waals surface area (Å²) >= 11 is 5.94. The molecule has 0 radical (unpaired) electrons. The van der Waals surface area contributed by atoms with Crippen LogP contribution in [0.1, 0.15) is 30.0 Å². The van der Waals surface area contributed by atoms with Gasteiger partial charge in [-0.1, -0.05) is 66.2 Å². The van der Waals surface area contributed by atoms with Crippen LogP contribution in [0.3, 0.4) is 0 Å². The molecule has 1 aliphatic heterocycles. The van der Waals surface area contributed by atoms with Gasteiger partial charge in [-0.2, -0.15) is 0 Å². The minimum atomic E-state index is 0.0613. The molecule has 3 nitrogen and oxygen atoms in total. The van der Waals surface area contributed by atoms with Gasteiger partial charge in [-0.15, -0.1) is 0 Å². The zero-order valence-electron chi connectivity index (χ0n) is 16.0. The van der Waals surface area contributed by atoms with Crippen LogP contribution in [-0.2, 0) is 11.2 Å². The van der Waals surface area contributed by atoms with E-state index in [9.17, 15) is 4.79 Å². The summed E-state index contributed by atoms with van der Waals surface area (Å²) in [4.78, 5) is 14.1. The molecule has 28 heavy (non-hydrogen) atoms. The summed E-state index contributed by atoms with van der Waals surface area (Å²) in [6.07, 6.45) is 2.90. The lowest BCUT2D eigenvalue weighted by Gasteiger charge is -2.26. The van der Waals surface area contributed by atoms with E-state index in [0.717, 1.165) is 5.56 Å². The maximum Gasteiger partial charge on any atom is 0.224 e. The number of quaternary nitrogens is 1. The summed E-state index contributed by atoms with van der Waals surface area (Å²) in [7, 11) is 0. The normalized spacial score (nSPS) is 15.6. The van der Waals surface area contributed by atoms with Crippen LogP contribution in [0.4, 0.5) is 0 Å². The van der Waals surface area contributed by atoms with E-state index >= 15 is 0 Å². The van der Waals surface area contributed by atoms with Crippen molar-refractivity contribution in [1.29, 1.82) is 0 Å². The molecule has 0 aromatic heterocycles. The highest BCUT2D eigenvalue weighted by Crippen LogP contribution is 2.23. The number of hydrogen-bond acceptors (Lipinski definition) is 1. The van der Waals surface area contributed by atoms with Crippen molar-refractivity contribution in [2.75, 3.05) is 19.6 Å². The van der Waals surface area contributed by atoms with Crippen molar-refractivity contribution in [1.82, 2.24) is 5.32 Å². The van der Waals surface area contributed by atoms with Crippen LogP contribution in [0, 0.1) is 0 Å². The third kappa shape index (κ3) is 4.37. The molecule has 144 valence electrons. The summed E-state index contributed by atoms with van der Waals surface area (Å²) in [5.41, 5.74) is 2.32. The smallest absolute Gasteiger partial charge is 0.224 e. The molecule has 3 aromatic carbocycles. The van der Waals surface area contributed by atoms with Gasteiger partial charge < -0.3 is 10.2 Å². The van der Waals surface area contributed by atoms with Crippen LogP contribution in [-0.4, -0.2) is 25.5 Å². The van der Waals surface area contributed by atoms with Gasteiger partial charge >= 0.3 is 0 Å². The Hall–Kier alpha value is -2.36. The van der Waals surface area contributed by atoms with Crippen LogP contribution in [0.15, 0.2) is 66.7 Å². The topological polar surface area (TPSA) is 33.5 Å². The van der Waals surface area contributed by atoms with Gasteiger partial charge in [-0.05, 0) is 28.5 Å². The number of amides is 1. The number of fused-ring (bicyclic) bond motifs is 1. The van der Waals surface area contributed by atoms with E-state index in [2.05, 4.69) is 47.8 Å². The molecular formula is C24H26ClN2O+. The van der Waals surface area contributed by atoms with Crippen molar-refractivity contribution in [2.24, 2.45) is 0 Å². The zero-order valence-corrected chi connectivity index (χ0v) is 16.7. The second-order valence-electron chi connectivity index (χ2n) is 7.59. The molecule has 0 saturated carbocycles. The van der Waals surface area contributed by atoms with E-state index in [0.29, 0.717) is 18.0 Å². The molecule has 2 N–H and O–H groups in total. The first-order valence-corrected chi connectivity index (χ1v) is 10.4. The fourth-order valence-electron chi connectivity index (χ4n) is 4.27. The number of likely N-dealkylation sites (tertiary alicyclic amines) is 1. The Kier molecular flexibility index (Phi) is 5.94. The first kappa shape index (κ1) is 19.0. The van der Waals surface area contributed by atoms with Crippen molar-refractivity contribution in [2.45, 2.75) is 25.3 Å². The SMILES string of the molecule is O=C(Cc1ccc(Cl)cc1)NC[C@H](c1cccc2ccccc12)[NH+]1CCCC1. The Morgan fingerprint density at radius 2 is 1.68 bits per heavy atom. The van der Waals surface area contributed by atoms with Crippen LogP contribution < -0.4 is 10.2 Å². The molecular weight excluding hydrogens is 368 g/mol. The average molecular weight is 394 g/mol. The molecule has 1 aliphatic rings. The van der Waals surface area contributed by atoms with Crippen molar-refractivity contribution >= 4 is 28.3 Å². The first-order valence-electron chi connectivity index (χ1n) is 10.0. The van der Waals surface area contributed by atoms with Gasteiger partial charge in [0.2, 0.25) is 5.91 Å². The van der Waals surface area contributed by atoms with Crippen molar-refractivity contribution in [3.05, 3.63) is 82.9 Å². The van der Waals surface area contributed by atoms with Crippen LogP contribution >= 0.6 is 11.6 Å². The number of carbonyl (C=O) groups excluding carboxylic acids is 1. The van der Waals surface area contributed by atoms with Crippen molar-refractivity contribution in [3.63, 3.8) is 0 Å². The van der Waals surface area contributed by atoms with Crippen molar-refractivity contribution in [3.8, 4) is 0 Å². The fraction of sp³-hybridized carbons (Fsp3) is 0.292. The molecule has 0 unspecified atom stereocenters. The Labute approximate surface area is 171 Å². The van der Waals surface area contributed by atoms with Crippen LogP contribution in [0.5, 0.6) is 0 Å². The van der Waals surface area contributed by atoms with E-state index in [1.807, 2.05) is 24.3 Å². The molecule has 4 rings (SSSR count). The minimum Gasteiger partial charge on any atom is -0.349 e. The monoisotopic (exact) mass is 393 g/mol. The summed E-state index contributed by atoms with van der Waals surface area (Å²) in [6.45, 7) is 3.00. The van der Waals surface area contributed by atoms with Gasteiger partial charge in [0.1, 0.15) is 6.04 Å². The van der Waals surface area contributed by atoms with Gasteiger partial charge in [0.25, 0.3) is 0 Å². The third-order valence-electron chi connectivity index (χ3n) is 5.72. The van der Waals surface area contributed by atoms with Gasteiger partial charge in [-0.25, -0.2) is 0 Å². The van der Waals surface area contributed by atoms with Gasteiger partial charge in [0.05, 0.1) is 26.1 Å². The Bertz CT molecular complexity index is 943. The summed E-state index contributed by atoms with van der Waals surface area (Å²) in [6, 6.07) is 22.8. The second kappa shape index (κ2) is 8.76. The molecule has 1 saturated heterocycles. The number of rotatable bonds is 6. The summed E-state index contributed by atoms with van der Waals surface area (Å²) in [5, 5.41) is 6.44. The molecule has 0 bridgehead atoms. The van der Waals surface area contributed by atoms with Crippen LogP contribution in [0.25, 0.3) is 10.8 Å². The number of hydrogen-bond donors (Lipinski definition) is 2. The van der Waals surface area contributed by atoms with E-state index in [1.165, 1.54) is 42.3 Å². The molecule has 0 spiro atoms. The largest absolute Gasteiger partial charge is 0.349 e. The third-order valence-corrected chi connectivity index (χ3v) is 5.97.